The van der Waals surface area contributed by atoms with Gasteiger partial charge in [0.2, 0.25) is 0 Å². The second-order valence-corrected chi connectivity index (χ2v) is 6.94. The fourth-order valence-corrected chi connectivity index (χ4v) is 3.24. The van der Waals surface area contributed by atoms with Crippen LogP contribution >= 0.6 is 0 Å². The average Bonchev–Trinajstić information content (AvgIpc) is 3.31. The van der Waals surface area contributed by atoms with Crippen molar-refractivity contribution in [1.29, 1.82) is 0 Å². The smallest absolute Gasteiger partial charge is 0.277 e. The first kappa shape index (κ1) is 20.6. The number of carbonyl (C=O) groups excluding carboxylic acids is 1. The standard InChI is InChI=1S/C23H22FN5O2/c1-2-31-29(13-3-4-21-25-11-12-26-21)23(30)17-5-6-18-15-27-22(28-20(18)14-17)16-7-9-19(24)10-8-16/h5-12,14-15H,2-4,13H2,1H3,(H,25,26). The highest BCUT2D eigenvalue weighted by Gasteiger charge is 2.17. The van der Waals surface area contributed by atoms with Crippen LogP contribution in [0.1, 0.15) is 29.5 Å². The van der Waals surface area contributed by atoms with E-state index < -0.39 is 0 Å². The molecule has 7 nitrogen and oxygen atoms in total. The van der Waals surface area contributed by atoms with E-state index in [0.29, 0.717) is 42.0 Å². The number of benzene rings is 2. The van der Waals surface area contributed by atoms with Gasteiger partial charge < -0.3 is 4.98 Å². The molecule has 0 unspecified atom stereocenters. The highest BCUT2D eigenvalue weighted by atomic mass is 19.1. The van der Waals surface area contributed by atoms with Crippen LogP contribution in [0, 0.1) is 5.82 Å². The summed E-state index contributed by atoms with van der Waals surface area (Å²) in [5, 5.41) is 2.19. The minimum Gasteiger partial charge on any atom is -0.349 e. The monoisotopic (exact) mass is 419 g/mol. The van der Waals surface area contributed by atoms with E-state index in [9.17, 15) is 9.18 Å². The molecule has 4 aromatic rings. The number of halogens is 1. The summed E-state index contributed by atoms with van der Waals surface area (Å²) in [6.07, 6.45) is 6.61. The van der Waals surface area contributed by atoms with Gasteiger partial charge in [0.1, 0.15) is 11.6 Å². The molecule has 0 radical (unpaired) electrons. The normalized spacial score (nSPS) is 11.0. The lowest BCUT2D eigenvalue weighted by Gasteiger charge is -2.21. The number of carbonyl (C=O) groups is 1. The van der Waals surface area contributed by atoms with Gasteiger partial charge >= 0.3 is 0 Å². The molecule has 0 atom stereocenters. The molecule has 8 heteroatoms. The Balaban J connectivity index is 1.54. The van der Waals surface area contributed by atoms with E-state index in [-0.39, 0.29) is 11.7 Å². The van der Waals surface area contributed by atoms with Gasteiger partial charge in [0.15, 0.2) is 5.82 Å². The van der Waals surface area contributed by atoms with Crippen LogP contribution in [0.5, 0.6) is 0 Å². The van der Waals surface area contributed by atoms with Gasteiger partial charge in [-0.2, -0.15) is 0 Å². The number of nitrogens with one attached hydrogen (secondary N) is 1. The van der Waals surface area contributed by atoms with Gasteiger partial charge in [-0.15, -0.1) is 0 Å². The van der Waals surface area contributed by atoms with Crippen molar-refractivity contribution >= 4 is 16.8 Å². The summed E-state index contributed by atoms with van der Waals surface area (Å²) in [7, 11) is 0. The Morgan fingerprint density at radius 2 is 2.00 bits per heavy atom. The van der Waals surface area contributed by atoms with E-state index in [1.54, 1.807) is 42.9 Å². The van der Waals surface area contributed by atoms with Crippen molar-refractivity contribution in [3.05, 3.63) is 78.3 Å². The summed E-state index contributed by atoms with van der Waals surface area (Å²) in [5.74, 6) is 0.794. The highest BCUT2D eigenvalue weighted by Crippen LogP contribution is 2.20. The molecule has 2 heterocycles. The largest absolute Gasteiger partial charge is 0.349 e. The van der Waals surface area contributed by atoms with Crippen molar-refractivity contribution in [2.45, 2.75) is 19.8 Å². The van der Waals surface area contributed by atoms with Crippen LogP contribution in [-0.2, 0) is 11.3 Å². The molecule has 0 saturated heterocycles. The maximum atomic E-state index is 13.2. The van der Waals surface area contributed by atoms with Gasteiger partial charge in [-0.25, -0.2) is 24.4 Å². The number of hydrogen-bond acceptors (Lipinski definition) is 5. The fraction of sp³-hybridized carbons (Fsp3) is 0.217. The molecule has 158 valence electrons. The number of nitrogens with zero attached hydrogens (tertiary/aromatic N) is 4. The van der Waals surface area contributed by atoms with Crippen molar-refractivity contribution in [1.82, 2.24) is 25.0 Å². The van der Waals surface area contributed by atoms with Gasteiger partial charge in [-0.1, -0.05) is 6.07 Å². The number of amides is 1. The molecule has 0 aliphatic rings. The van der Waals surface area contributed by atoms with Crippen molar-refractivity contribution in [3.8, 4) is 11.4 Å². The van der Waals surface area contributed by atoms with Crippen molar-refractivity contribution in [2.24, 2.45) is 0 Å². The number of aromatic nitrogens is 4. The second-order valence-electron chi connectivity index (χ2n) is 6.94. The minimum atomic E-state index is -0.319. The Labute approximate surface area is 178 Å². The van der Waals surface area contributed by atoms with Crippen LogP contribution in [0.4, 0.5) is 4.39 Å². The number of hydrogen-bond donors (Lipinski definition) is 1. The zero-order chi connectivity index (χ0) is 21.6. The Morgan fingerprint density at radius 1 is 1.16 bits per heavy atom. The Hall–Kier alpha value is -3.65. The lowest BCUT2D eigenvalue weighted by molar-refractivity contribution is -0.119. The van der Waals surface area contributed by atoms with Crippen LogP contribution in [0.2, 0.25) is 0 Å². The Bertz CT molecular complexity index is 1160. The molecule has 0 aliphatic carbocycles. The van der Waals surface area contributed by atoms with Crippen LogP contribution in [0.15, 0.2) is 61.1 Å². The van der Waals surface area contributed by atoms with E-state index in [2.05, 4.69) is 19.9 Å². The maximum absolute atomic E-state index is 13.2. The molecule has 0 saturated carbocycles. The molecule has 0 bridgehead atoms. The first-order valence-corrected chi connectivity index (χ1v) is 10.1. The zero-order valence-corrected chi connectivity index (χ0v) is 17.1. The molecule has 31 heavy (non-hydrogen) atoms. The summed E-state index contributed by atoms with van der Waals surface area (Å²) in [4.78, 5) is 34.8. The molecule has 4 rings (SSSR count). The Kier molecular flexibility index (Phi) is 6.28. The van der Waals surface area contributed by atoms with E-state index in [1.807, 2.05) is 13.0 Å². The molecule has 0 spiro atoms. The van der Waals surface area contributed by atoms with Gasteiger partial charge in [0.25, 0.3) is 5.91 Å². The van der Waals surface area contributed by atoms with Gasteiger partial charge in [0.05, 0.1) is 12.1 Å². The average molecular weight is 419 g/mol. The molecular weight excluding hydrogens is 397 g/mol. The third-order valence-electron chi connectivity index (χ3n) is 4.77. The van der Waals surface area contributed by atoms with Crippen molar-refractivity contribution in [2.75, 3.05) is 13.2 Å². The zero-order valence-electron chi connectivity index (χ0n) is 17.1. The summed E-state index contributed by atoms with van der Waals surface area (Å²) in [5.41, 5.74) is 1.81. The number of imidazole rings is 1. The first-order valence-electron chi connectivity index (χ1n) is 10.1. The Morgan fingerprint density at radius 3 is 2.74 bits per heavy atom. The third kappa shape index (κ3) is 4.92. The highest BCUT2D eigenvalue weighted by molar-refractivity contribution is 5.97. The van der Waals surface area contributed by atoms with E-state index >= 15 is 0 Å². The predicted octanol–water partition coefficient (Wildman–Crippen LogP) is 4.19. The SMILES string of the molecule is CCON(CCCc1ncc[nH]1)C(=O)c1ccc2cnc(-c3ccc(F)cc3)nc2c1. The van der Waals surface area contributed by atoms with Crippen LogP contribution in [0.25, 0.3) is 22.3 Å². The molecular formula is C23H22FN5O2. The lowest BCUT2D eigenvalue weighted by Crippen LogP contribution is -2.32. The molecule has 1 amide bonds. The maximum Gasteiger partial charge on any atom is 0.277 e. The van der Waals surface area contributed by atoms with Gasteiger partial charge in [-0.3, -0.25) is 9.63 Å². The van der Waals surface area contributed by atoms with Crippen LogP contribution in [-0.4, -0.2) is 44.1 Å². The second kappa shape index (κ2) is 9.44. The topological polar surface area (TPSA) is 84.0 Å². The summed E-state index contributed by atoms with van der Waals surface area (Å²) in [6.45, 7) is 2.67. The minimum absolute atomic E-state index is 0.231. The molecule has 2 aromatic carbocycles. The van der Waals surface area contributed by atoms with Gasteiger partial charge in [0, 0.05) is 48.1 Å². The quantitative estimate of drug-likeness (QED) is 0.433. The molecule has 1 N–H and O–H groups in total. The summed E-state index contributed by atoms with van der Waals surface area (Å²) < 4.78 is 13.2. The number of aryl methyl sites for hydroxylation is 1. The fourth-order valence-electron chi connectivity index (χ4n) is 3.24. The number of aromatic amines is 1. The molecule has 0 fully saturated rings. The predicted molar refractivity (Wildman–Crippen MR) is 115 cm³/mol. The number of rotatable bonds is 8. The van der Waals surface area contributed by atoms with E-state index in [1.165, 1.54) is 17.2 Å². The summed E-state index contributed by atoms with van der Waals surface area (Å²) in [6, 6.07) is 11.3. The summed E-state index contributed by atoms with van der Waals surface area (Å²) >= 11 is 0. The number of hydroxylamine groups is 2. The molecule has 2 aromatic heterocycles. The van der Waals surface area contributed by atoms with E-state index in [4.69, 9.17) is 4.84 Å². The molecule has 0 aliphatic heterocycles. The van der Waals surface area contributed by atoms with Crippen molar-refractivity contribution in [3.63, 3.8) is 0 Å². The third-order valence-corrected chi connectivity index (χ3v) is 4.77. The van der Waals surface area contributed by atoms with Crippen LogP contribution in [0.3, 0.4) is 0 Å². The number of fused-ring (bicyclic) bond motifs is 1. The van der Waals surface area contributed by atoms with Crippen LogP contribution < -0.4 is 0 Å². The van der Waals surface area contributed by atoms with Crippen molar-refractivity contribution < 1.29 is 14.0 Å². The van der Waals surface area contributed by atoms with Gasteiger partial charge in [-0.05, 0) is 49.7 Å². The van der Waals surface area contributed by atoms with E-state index in [0.717, 1.165) is 17.6 Å². The number of H-pyrrole nitrogens is 1. The first-order chi connectivity index (χ1) is 15.1. The lowest BCUT2D eigenvalue weighted by atomic mass is 10.1.